The Bertz CT molecular complexity index is 859. The van der Waals surface area contributed by atoms with Crippen LogP contribution in [0, 0.1) is 22.7 Å². The topological polar surface area (TPSA) is 64.9 Å². The maximum atomic E-state index is 12.3. The smallest absolute Gasteiger partial charge is 0.308 e. The van der Waals surface area contributed by atoms with E-state index in [1.807, 2.05) is 0 Å². The lowest BCUT2D eigenvalue weighted by atomic mass is 9.72. The molecule has 4 nitrogen and oxygen atoms in total. The first-order valence-corrected chi connectivity index (χ1v) is 9.85. The number of urea groups is 1. The summed E-state index contributed by atoms with van der Waals surface area (Å²) in [6, 6.07) is 8.84. The molecule has 6 heteroatoms. The number of carbonyl (C=O) groups excluding carboxylic acids is 1. The first-order valence-electron chi connectivity index (χ1n) is 8.66. The van der Waals surface area contributed by atoms with Crippen molar-refractivity contribution in [1.29, 1.82) is 5.26 Å². The lowest BCUT2D eigenvalue weighted by Crippen LogP contribution is -2.26. The summed E-state index contributed by atoms with van der Waals surface area (Å²) < 4.78 is 0. The van der Waals surface area contributed by atoms with Crippen LogP contribution in [-0.4, -0.2) is 6.03 Å². The van der Waals surface area contributed by atoms with Gasteiger partial charge in [-0.2, -0.15) is 5.26 Å². The van der Waals surface area contributed by atoms with Crippen molar-refractivity contribution < 1.29 is 4.79 Å². The molecular weight excluding hydrogens is 366 g/mol. The third-order valence-corrected chi connectivity index (χ3v) is 6.35. The van der Waals surface area contributed by atoms with Crippen molar-refractivity contribution in [2.24, 2.45) is 11.3 Å². The highest BCUT2D eigenvalue weighted by Crippen LogP contribution is 2.44. The van der Waals surface area contributed by atoms with Crippen LogP contribution in [0.4, 0.5) is 15.5 Å². The van der Waals surface area contributed by atoms with Crippen LogP contribution in [0.1, 0.15) is 43.2 Å². The SMILES string of the molecule is CC(C)(C)C1CCc2c(sc(NC(=O)Nc3ccc(Cl)cc3)c2C#N)C1. The molecule has 1 aromatic carbocycles. The summed E-state index contributed by atoms with van der Waals surface area (Å²) in [4.78, 5) is 13.5. The number of anilines is 2. The molecule has 2 amide bonds. The fourth-order valence-corrected chi connectivity index (χ4v) is 4.73. The van der Waals surface area contributed by atoms with Gasteiger partial charge in [0.05, 0.1) is 5.56 Å². The number of nitriles is 1. The van der Waals surface area contributed by atoms with Crippen LogP contribution in [-0.2, 0) is 12.8 Å². The van der Waals surface area contributed by atoms with Crippen molar-refractivity contribution in [2.45, 2.75) is 40.0 Å². The molecular formula is C20H22ClN3OS. The lowest BCUT2D eigenvalue weighted by molar-refractivity contribution is 0.218. The summed E-state index contributed by atoms with van der Waals surface area (Å²) >= 11 is 7.39. The number of carbonyl (C=O) groups is 1. The number of hydrogen-bond acceptors (Lipinski definition) is 3. The molecule has 136 valence electrons. The normalized spacial score (nSPS) is 16.5. The van der Waals surface area contributed by atoms with Gasteiger partial charge in [0.2, 0.25) is 0 Å². The summed E-state index contributed by atoms with van der Waals surface area (Å²) in [5.74, 6) is 0.593. The van der Waals surface area contributed by atoms with E-state index in [1.165, 1.54) is 16.2 Å². The first-order chi connectivity index (χ1) is 12.3. The van der Waals surface area contributed by atoms with Gasteiger partial charge >= 0.3 is 6.03 Å². The Morgan fingerprint density at radius 1 is 1.27 bits per heavy atom. The van der Waals surface area contributed by atoms with Crippen molar-refractivity contribution in [2.75, 3.05) is 10.6 Å². The van der Waals surface area contributed by atoms with E-state index in [4.69, 9.17) is 11.6 Å². The second-order valence-electron chi connectivity index (χ2n) is 7.71. The molecule has 2 aromatic rings. The molecule has 1 aromatic heterocycles. The van der Waals surface area contributed by atoms with Gasteiger partial charge < -0.3 is 5.32 Å². The van der Waals surface area contributed by atoms with Crippen LogP contribution in [0.25, 0.3) is 0 Å². The van der Waals surface area contributed by atoms with Gasteiger partial charge in [0.25, 0.3) is 0 Å². The monoisotopic (exact) mass is 387 g/mol. The summed E-state index contributed by atoms with van der Waals surface area (Å²) in [5, 5.41) is 16.5. The number of amides is 2. The maximum absolute atomic E-state index is 12.3. The van der Waals surface area contributed by atoms with Crippen molar-refractivity contribution in [3.63, 3.8) is 0 Å². The van der Waals surface area contributed by atoms with Crippen molar-refractivity contribution >= 4 is 39.7 Å². The Hall–Kier alpha value is -2.03. The van der Waals surface area contributed by atoms with Crippen LogP contribution in [0.2, 0.25) is 5.02 Å². The van der Waals surface area contributed by atoms with E-state index in [0.717, 1.165) is 24.8 Å². The van der Waals surface area contributed by atoms with E-state index in [2.05, 4.69) is 37.5 Å². The van der Waals surface area contributed by atoms with E-state index >= 15 is 0 Å². The fourth-order valence-electron chi connectivity index (χ4n) is 3.33. The Morgan fingerprint density at radius 3 is 2.58 bits per heavy atom. The van der Waals surface area contributed by atoms with Gasteiger partial charge in [0, 0.05) is 15.6 Å². The van der Waals surface area contributed by atoms with Gasteiger partial charge in [0.15, 0.2) is 0 Å². The summed E-state index contributed by atoms with van der Waals surface area (Å²) in [5.41, 5.74) is 2.62. The summed E-state index contributed by atoms with van der Waals surface area (Å²) in [6.07, 6.45) is 2.95. The summed E-state index contributed by atoms with van der Waals surface area (Å²) in [7, 11) is 0. The van der Waals surface area contributed by atoms with Crippen LogP contribution in [0.3, 0.4) is 0 Å². The number of hydrogen-bond donors (Lipinski definition) is 2. The van der Waals surface area contributed by atoms with Crippen LogP contribution >= 0.6 is 22.9 Å². The minimum atomic E-state index is -0.352. The number of halogens is 1. The van der Waals surface area contributed by atoms with Crippen molar-refractivity contribution in [1.82, 2.24) is 0 Å². The number of rotatable bonds is 2. The largest absolute Gasteiger partial charge is 0.324 e. The van der Waals surface area contributed by atoms with Crippen molar-refractivity contribution in [3.8, 4) is 6.07 Å². The molecule has 26 heavy (non-hydrogen) atoms. The van der Waals surface area contributed by atoms with Gasteiger partial charge in [-0.25, -0.2) is 4.79 Å². The second kappa shape index (κ2) is 7.30. The van der Waals surface area contributed by atoms with Gasteiger partial charge in [0.1, 0.15) is 11.1 Å². The predicted octanol–water partition coefficient (Wildman–Crippen LogP) is 6.07. The maximum Gasteiger partial charge on any atom is 0.324 e. The molecule has 0 bridgehead atoms. The van der Waals surface area contributed by atoms with Gasteiger partial charge in [-0.3, -0.25) is 5.32 Å². The Morgan fingerprint density at radius 2 is 1.96 bits per heavy atom. The highest BCUT2D eigenvalue weighted by atomic mass is 35.5. The summed E-state index contributed by atoms with van der Waals surface area (Å²) in [6.45, 7) is 6.79. The van der Waals surface area contributed by atoms with Gasteiger partial charge in [-0.15, -0.1) is 11.3 Å². The van der Waals surface area contributed by atoms with Gasteiger partial charge in [-0.1, -0.05) is 32.4 Å². The Kier molecular flexibility index (Phi) is 5.27. The van der Waals surface area contributed by atoms with E-state index in [0.29, 0.717) is 27.2 Å². The third-order valence-electron chi connectivity index (χ3n) is 4.93. The molecule has 1 heterocycles. The minimum Gasteiger partial charge on any atom is -0.308 e. The van der Waals surface area contributed by atoms with Gasteiger partial charge in [-0.05, 0) is 60.4 Å². The number of thiophene rings is 1. The lowest BCUT2D eigenvalue weighted by Gasteiger charge is -2.33. The molecule has 1 atom stereocenters. The molecule has 0 radical (unpaired) electrons. The molecule has 0 aliphatic heterocycles. The molecule has 1 unspecified atom stereocenters. The van der Waals surface area contributed by atoms with E-state index in [1.54, 1.807) is 24.3 Å². The molecule has 0 saturated carbocycles. The average molecular weight is 388 g/mol. The van der Waals surface area contributed by atoms with E-state index in [9.17, 15) is 10.1 Å². The minimum absolute atomic E-state index is 0.244. The molecule has 0 fully saturated rings. The number of nitrogens with one attached hydrogen (secondary N) is 2. The number of nitrogens with zero attached hydrogens (tertiary/aromatic N) is 1. The van der Waals surface area contributed by atoms with Crippen LogP contribution in [0.15, 0.2) is 24.3 Å². The van der Waals surface area contributed by atoms with Crippen LogP contribution in [0.5, 0.6) is 0 Å². The highest BCUT2D eigenvalue weighted by Gasteiger charge is 2.32. The predicted molar refractivity (Wildman–Crippen MR) is 108 cm³/mol. The molecule has 1 aliphatic carbocycles. The zero-order valence-electron chi connectivity index (χ0n) is 15.1. The first kappa shape index (κ1) is 18.8. The van der Waals surface area contributed by atoms with E-state index in [-0.39, 0.29) is 11.4 Å². The Balaban J connectivity index is 1.77. The second-order valence-corrected chi connectivity index (χ2v) is 9.25. The zero-order valence-corrected chi connectivity index (χ0v) is 16.7. The molecule has 2 N–H and O–H groups in total. The zero-order chi connectivity index (χ0) is 18.9. The quantitative estimate of drug-likeness (QED) is 0.656. The van der Waals surface area contributed by atoms with E-state index < -0.39 is 0 Å². The number of fused-ring (bicyclic) bond motifs is 1. The number of benzene rings is 1. The molecule has 0 saturated heterocycles. The van der Waals surface area contributed by atoms with Crippen molar-refractivity contribution in [3.05, 3.63) is 45.3 Å². The standard InChI is InChI=1S/C20H22ClN3OS/c1-20(2,3)12-4-9-15-16(11-22)18(26-17(15)10-12)24-19(25)23-14-7-5-13(21)6-8-14/h5-8,12H,4,9-10H2,1-3H3,(H2,23,24,25). The molecule has 0 spiro atoms. The fraction of sp³-hybridized carbons (Fsp3) is 0.400. The third kappa shape index (κ3) is 4.03. The molecule has 3 rings (SSSR count). The van der Waals surface area contributed by atoms with Crippen LogP contribution < -0.4 is 10.6 Å². The Labute approximate surface area is 163 Å². The molecule has 1 aliphatic rings. The average Bonchev–Trinajstić information content (AvgIpc) is 2.92. The highest BCUT2D eigenvalue weighted by molar-refractivity contribution is 7.16.